The van der Waals surface area contributed by atoms with Crippen molar-refractivity contribution < 1.29 is 9.53 Å². The van der Waals surface area contributed by atoms with Crippen LogP contribution in [0.4, 0.5) is 5.69 Å². The summed E-state index contributed by atoms with van der Waals surface area (Å²) in [4.78, 5) is 12.1. The van der Waals surface area contributed by atoms with Crippen molar-refractivity contribution >= 4 is 23.2 Å². The average Bonchev–Trinajstić information content (AvgIpc) is 2.68. The van der Waals surface area contributed by atoms with Crippen molar-refractivity contribution in [1.82, 2.24) is 0 Å². The van der Waals surface area contributed by atoms with Gasteiger partial charge in [0.2, 0.25) is 5.91 Å². The third-order valence-corrected chi connectivity index (χ3v) is 4.47. The summed E-state index contributed by atoms with van der Waals surface area (Å²) in [6.45, 7) is 0. The third-order valence-electron chi connectivity index (χ3n) is 4.14. The highest BCUT2D eigenvalue weighted by molar-refractivity contribution is 6.33. The first kappa shape index (κ1) is 18.0. The highest BCUT2D eigenvalue weighted by Gasteiger charge is 2.07. The molecule has 0 aliphatic rings. The summed E-state index contributed by atoms with van der Waals surface area (Å²) in [5.41, 5.74) is 3.79. The number of ether oxygens (including phenoxy) is 1. The Morgan fingerprint density at radius 2 is 1.73 bits per heavy atom. The molecule has 3 aromatic carbocycles. The van der Waals surface area contributed by atoms with Crippen LogP contribution in [0, 0.1) is 0 Å². The number of carbonyl (C=O) groups excluding carboxylic acids is 1. The summed E-state index contributed by atoms with van der Waals surface area (Å²) >= 11 is 6.29. The first-order valence-electron chi connectivity index (χ1n) is 8.43. The van der Waals surface area contributed by atoms with E-state index in [1.165, 1.54) is 0 Å². The van der Waals surface area contributed by atoms with Gasteiger partial charge in [0.25, 0.3) is 0 Å². The number of anilines is 1. The Morgan fingerprint density at radius 1 is 1.00 bits per heavy atom. The van der Waals surface area contributed by atoms with Crippen molar-refractivity contribution in [2.24, 2.45) is 0 Å². The van der Waals surface area contributed by atoms with Crippen molar-refractivity contribution in [2.75, 3.05) is 12.4 Å². The molecule has 0 aromatic heterocycles. The number of carbonyl (C=O) groups is 1. The van der Waals surface area contributed by atoms with Gasteiger partial charge in [-0.1, -0.05) is 54.1 Å². The Labute approximate surface area is 158 Å². The van der Waals surface area contributed by atoms with E-state index in [-0.39, 0.29) is 5.91 Å². The first-order valence-corrected chi connectivity index (χ1v) is 8.81. The smallest absolute Gasteiger partial charge is 0.224 e. The van der Waals surface area contributed by atoms with E-state index < -0.39 is 0 Å². The number of nitrogens with one attached hydrogen (secondary N) is 1. The van der Waals surface area contributed by atoms with E-state index in [1.54, 1.807) is 7.11 Å². The van der Waals surface area contributed by atoms with E-state index >= 15 is 0 Å². The van der Waals surface area contributed by atoms with E-state index in [1.807, 2.05) is 72.8 Å². The highest BCUT2D eigenvalue weighted by Crippen LogP contribution is 2.32. The minimum atomic E-state index is 0.000941. The van der Waals surface area contributed by atoms with Crippen LogP contribution in [0.25, 0.3) is 11.1 Å². The Kier molecular flexibility index (Phi) is 5.92. The maximum atomic E-state index is 12.1. The van der Waals surface area contributed by atoms with Crippen molar-refractivity contribution in [3.8, 4) is 16.9 Å². The molecule has 0 atom stereocenters. The zero-order valence-corrected chi connectivity index (χ0v) is 15.3. The minimum absolute atomic E-state index is 0.000941. The molecule has 0 aliphatic heterocycles. The summed E-state index contributed by atoms with van der Waals surface area (Å²) in [6.07, 6.45) is 1.18. The van der Waals surface area contributed by atoms with Crippen molar-refractivity contribution in [2.45, 2.75) is 12.8 Å². The molecule has 0 heterocycles. The van der Waals surface area contributed by atoms with Crippen molar-refractivity contribution in [3.63, 3.8) is 0 Å². The molecule has 0 spiro atoms. The second kappa shape index (κ2) is 8.54. The number of hydrogen-bond acceptors (Lipinski definition) is 2. The van der Waals surface area contributed by atoms with Crippen LogP contribution in [0.1, 0.15) is 12.0 Å². The maximum absolute atomic E-state index is 12.1. The van der Waals surface area contributed by atoms with E-state index in [4.69, 9.17) is 16.3 Å². The van der Waals surface area contributed by atoms with Gasteiger partial charge in [-0.05, 0) is 47.9 Å². The van der Waals surface area contributed by atoms with Gasteiger partial charge in [0, 0.05) is 22.7 Å². The first-order chi connectivity index (χ1) is 12.7. The number of benzene rings is 3. The number of halogens is 1. The molecule has 4 heteroatoms. The van der Waals surface area contributed by atoms with E-state index in [0.717, 1.165) is 34.5 Å². The SMILES string of the molecule is COc1ccc(Cl)c(-c2ccc(NC(=O)CCc3ccccc3)cc2)c1. The lowest BCUT2D eigenvalue weighted by atomic mass is 10.0. The van der Waals surface area contributed by atoms with Gasteiger partial charge in [0.1, 0.15) is 5.75 Å². The van der Waals surface area contributed by atoms with Crippen LogP contribution in [0.5, 0.6) is 5.75 Å². The summed E-state index contributed by atoms with van der Waals surface area (Å²) in [5, 5.41) is 3.59. The maximum Gasteiger partial charge on any atom is 0.224 e. The lowest BCUT2D eigenvalue weighted by molar-refractivity contribution is -0.116. The molecule has 0 saturated heterocycles. The number of methoxy groups -OCH3 is 1. The van der Waals surface area contributed by atoms with Crippen LogP contribution in [-0.4, -0.2) is 13.0 Å². The Hall–Kier alpha value is -2.78. The Morgan fingerprint density at radius 3 is 2.42 bits per heavy atom. The molecule has 1 N–H and O–H groups in total. The quantitative estimate of drug-likeness (QED) is 0.618. The molecule has 0 aliphatic carbocycles. The van der Waals surface area contributed by atoms with Crippen molar-refractivity contribution in [1.29, 1.82) is 0 Å². The molecule has 1 amide bonds. The fourth-order valence-corrected chi connectivity index (χ4v) is 2.94. The van der Waals surface area contributed by atoms with Gasteiger partial charge in [-0.25, -0.2) is 0 Å². The zero-order valence-electron chi connectivity index (χ0n) is 14.5. The Balaban J connectivity index is 1.63. The molecule has 0 saturated carbocycles. The fraction of sp³-hybridized carbons (Fsp3) is 0.136. The predicted octanol–water partition coefficient (Wildman–Crippen LogP) is 5.59. The topological polar surface area (TPSA) is 38.3 Å². The predicted molar refractivity (Wildman–Crippen MR) is 107 cm³/mol. The molecule has 0 unspecified atom stereocenters. The molecule has 3 nitrogen and oxygen atoms in total. The largest absolute Gasteiger partial charge is 0.497 e. The summed E-state index contributed by atoms with van der Waals surface area (Å²) < 4.78 is 5.26. The van der Waals surface area contributed by atoms with Crippen LogP contribution in [-0.2, 0) is 11.2 Å². The minimum Gasteiger partial charge on any atom is -0.497 e. The molecule has 3 rings (SSSR count). The highest BCUT2D eigenvalue weighted by atomic mass is 35.5. The van der Waals surface area contributed by atoms with Gasteiger partial charge in [-0.15, -0.1) is 0 Å². The van der Waals surface area contributed by atoms with Gasteiger partial charge in [-0.3, -0.25) is 4.79 Å². The van der Waals surface area contributed by atoms with Crippen LogP contribution >= 0.6 is 11.6 Å². The molecule has 132 valence electrons. The molecule has 3 aromatic rings. The molecule has 0 bridgehead atoms. The lowest BCUT2D eigenvalue weighted by Crippen LogP contribution is -2.12. The zero-order chi connectivity index (χ0) is 18.4. The molecule has 26 heavy (non-hydrogen) atoms. The van der Waals surface area contributed by atoms with E-state index in [9.17, 15) is 4.79 Å². The lowest BCUT2D eigenvalue weighted by Gasteiger charge is -2.09. The third kappa shape index (κ3) is 4.64. The molecule has 0 fully saturated rings. The van der Waals surface area contributed by atoms with E-state index in [2.05, 4.69) is 5.32 Å². The van der Waals surface area contributed by atoms with Gasteiger partial charge >= 0.3 is 0 Å². The van der Waals surface area contributed by atoms with Gasteiger partial charge in [-0.2, -0.15) is 0 Å². The molecule has 0 radical (unpaired) electrons. The number of rotatable bonds is 6. The number of hydrogen-bond donors (Lipinski definition) is 1. The molecular formula is C22H20ClNO2. The van der Waals surface area contributed by atoms with Crippen LogP contribution in [0.2, 0.25) is 5.02 Å². The van der Waals surface area contributed by atoms with Crippen LogP contribution in [0.15, 0.2) is 72.8 Å². The summed E-state index contributed by atoms with van der Waals surface area (Å²) in [7, 11) is 1.63. The average molecular weight is 366 g/mol. The van der Waals surface area contributed by atoms with Crippen LogP contribution < -0.4 is 10.1 Å². The van der Waals surface area contributed by atoms with Gasteiger partial charge < -0.3 is 10.1 Å². The monoisotopic (exact) mass is 365 g/mol. The van der Waals surface area contributed by atoms with Crippen LogP contribution in [0.3, 0.4) is 0 Å². The second-order valence-corrected chi connectivity index (χ2v) is 6.36. The summed E-state index contributed by atoms with van der Waals surface area (Å²) in [5.74, 6) is 0.753. The van der Waals surface area contributed by atoms with Gasteiger partial charge in [0.05, 0.1) is 7.11 Å². The Bertz CT molecular complexity index is 876. The normalized spacial score (nSPS) is 10.4. The fourth-order valence-electron chi connectivity index (χ4n) is 2.71. The number of amides is 1. The second-order valence-electron chi connectivity index (χ2n) is 5.96. The summed E-state index contributed by atoms with van der Waals surface area (Å²) in [6, 6.07) is 23.2. The van der Waals surface area contributed by atoms with Crippen molar-refractivity contribution in [3.05, 3.63) is 83.4 Å². The standard InChI is InChI=1S/C22H20ClNO2/c1-26-19-12-13-21(23)20(15-19)17-8-10-18(11-9-17)24-22(25)14-7-16-5-3-2-4-6-16/h2-6,8-13,15H,7,14H2,1H3,(H,24,25). The number of aryl methyl sites for hydroxylation is 1. The molecular weight excluding hydrogens is 346 g/mol. The van der Waals surface area contributed by atoms with Gasteiger partial charge in [0.15, 0.2) is 0 Å². The van der Waals surface area contributed by atoms with E-state index in [0.29, 0.717) is 11.4 Å².